The molecule has 2 rings (SSSR count). The Labute approximate surface area is 113 Å². The lowest BCUT2D eigenvalue weighted by Crippen LogP contribution is -2.16. The van der Waals surface area contributed by atoms with Crippen molar-refractivity contribution < 1.29 is 14.7 Å². The van der Waals surface area contributed by atoms with E-state index in [2.05, 4.69) is 10.3 Å². The summed E-state index contributed by atoms with van der Waals surface area (Å²) in [5, 5.41) is 11.9. The Bertz CT molecular complexity index is 655. The first-order valence-corrected chi connectivity index (χ1v) is 6.38. The minimum atomic E-state index is -1.10. The highest BCUT2D eigenvalue weighted by Gasteiger charge is 2.14. The molecule has 6 heteroatoms. The zero-order valence-electron chi connectivity index (χ0n) is 10.4. The number of carbonyl (C=O) groups excluding carboxylic acids is 1. The van der Waals surface area contributed by atoms with Crippen LogP contribution in [0.25, 0.3) is 10.2 Å². The second-order valence-corrected chi connectivity index (χ2v) is 5.03. The van der Waals surface area contributed by atoms with Crippen molar-refractivity contribution in [2.24, 2.45) is 0 Å². The van der Waals surface area contributed by atoms with Crippen LogP contribution in [0, 0.1) is 0 Å². The maximum absolute atomic E-state index is 11.9. The van der Waals surface area contributed by atoms with Crippen molar-refractivity contribution in [2.75, 3.05) is 5.32 Å². The fraction of sp³-hybridized carbons (Fsp3) is 0.154. The van der Waals surface area contributed by atoms with Crippen LogP contribution in [0.3, 0.4) is 0 Å². The molecule has 0 atom stereocenters. The number of carboxylic acids is 1. The zero-order chi connectivity index (χ0) is 14.0. The molecule has 0 unspecified atom stereocenters. The fourth-order valence-electron chi connectivity index (χ4n) is 1.45. The summed E-state index contributed by atoms with van der Waals surface area (Å²) in [6.45, 7) is 2.88. The topological polar surface area (TPSA) is 79.3 Å². The van der Waals surface area contributed by atoms with Gasteiger partial charge in [0.25, 0.3) is 5.91 Å². The Morgan fingerprint density at radius 2 is 1.89 bits per heavy atom. The molecule has 2 aromatic rings. The minimum Gasteiger partial charge on any atom is -0.478 e. The van der Waals surface area contributed by atoms with Gasteiger partial charge in [0, 0.05) is 11.1 Å². The van der Waals surface area contributed by atoms with Gasteiger partial charge in [-0.3, -0.25) is 10.1 Å². The molecule has 0 saturated heterocycles. The molecule has 1 aromatic heterocycles. The number of para-hydroxylation sites is 1. The number of fused-ring (bicyclic) bond motifs is 1. The van der Waals surface area contributed by atoms with E-state index in [1.807, 2.05) is 24.3 Å². The van der Waals surface area contributed by atoms with Gasteiger partial charge in [-0.1, -0.05) is 23.5 Å². The molecule has 1 heterocycles. The normalized spacial score (nSPS) is 12.1. The van der Waals surface area contributed by atoms with Crippen LogP contribution in [-0.4, -0.2) is 22.0 Å². The van der Waals surface area contributed by atoms with Crippen LogP contribution >= 0.6 is 11.3 Å². The summed E-state index contributed by atoms with van der Waals surface area (Å²) in [5.41, 5.74) is 1.00. The van der Waals surface area contributed by atoms with Crippen molar-refractivity contribution in [3.05, 3.63) is 35.4 Å². The Hall–Kier alpha value is -2.21. The number of hydrogen-bond donors (Lipinski definition) is 2. The highest BCUT2D eigenvalue weighted by Crippen LogP contribution is 2.25. The number of rotatable bonds is 3. The molecule has 1 aromatic carbocycles. The van der Waals surface area contributed by atoms with Crippen LogP contribution in [0.1, 0.15) is 13.8 Å². The van der Waals surface area contributed by atoms with Gasteiger partial charge in [-0.05, 0) is 26.0 Å². The minimum absolute atomic E-state index is 0.0265. The van der Waals surface area contributed by atoms with Gasteiger partial charge in [0.15, 0.2) is 5.13 Å². The number of nitrogens with zero attached hydrogens (tertiary/aromatic N) is 1. The number of hydrogen-bond acceptors (Lipinski definition) is 4. The maximum Gasteiger partial charge on any atom is 0.331 e. The summed E-state index contributed by atoms with van der Waals surface area (Å²) < 4.78 is 0.967. The van der Waals surface area contributed by atoms with Crippen LogP contribution in [0.2, 0.25) is 0 Å². The second kappa shape index (κ2) is 5.19. The third kappa shape index (κ3) is 2.79. The summed E-state index contributed by atoms with van der Waals surface area (Å²) in [6.07, 6.45) is 0. The Morgan fingerprint density at radius 1 is 1.21 bits per heavy atom. The molecule has 19 heavy (non-hydrogen) atoms. The van der Waals surface area contributed by atoms with E-state index in [0.29, 0.717) is 5.13 Å². The average Bonchev–Trinajstić information content (AvgIpc) is 2.78. The lowest BCUT2D eigenvalue weighted by molar-refractivity contribution is -0.133. The molecule has 0 fully saturated rings. The quantitative estimate of drug-likeness (QED) is 0.845. The molecule has 0 aliphatic carbocycles. The first-order valence-electron chi connectivity index (χ1n) is 5.56. The molecule has 0 aliphatic heterocycles. The van der Waals surface area contributed by atoms with Gasteiger partial charge in [0.1, 0.15) is 0 Å². The fourth-order valence-corrected chi connectivity index (χ4v) is 2.31. The molecule has 0 bridgehead atoms. The number of nitrogens with one attached hydrogen (secondary N) is 1. The van der Waals surface area contributed by atoms with Gasteiger partial charge in [0.2, 0.25) is 0 Å². The first kappa shape index (κ1) is 13.2. The zero-order valence-corrected chi connectivity index (χ0v) is 11.2. The number of carbonyl (C=O) groups is 2. The van der Waals surface area contributed by atoms with Crippen LogP contribution in [0.4, 0.5) is 5.13 Å². The van der Waals surface area contributed by atoms with E-state index < -0.39 is 11.9 Å². The van der Waals surface area contributed by atoms with Gasteiger partial charge < -0.3 is 5.11 Å². The van der Waals surface area contributed by atoms with E-state index in [0.717, 1.165) is 10.2 Å². The van der Waals surface area contributed by atoms with Crippen LogP contribution in [0.5, 0.6) is 0 Å². The number of aliphatic carboxylic acids is 1. The summed E-state index contributed by atoms with van der Waals surface area (Å²) in [5.74, 6) is -1.55. The van der Waals surface area contributed by atoms with Gasteiger partial charge in [-0.15, -0.1) is 0 Å². The first-order chi connectivity index (χ1) is 8.99. The van der Waals surface area contributed by atoms with Crippen molar-refractivity contribution in [1.29, 1.82) is 0 Å². The predicted octanol–water partition coefficient (Wildman–Crippen LogP) is 2.66. The Kier molecular flexibility index (Phi) is 3.62. The van der Waals surface area contributed by atoms with E-state index in [1.165, 1.54) is 25.2 Å². The summed E-state index contributed by atoms with van der Waals surface area (Å²) in [6, 6.07) is 7.53. The van der Waals surface area contributed by atoms with Crippen molar-refractivity contribution in [1.82, 2.24) is 4.98 Å². The molecular weight excluding hydrogens is 264 g/mol. The summed E-state index contributed by atoms with van der Waals surface area (Å²) in [4.78, 5) is 26.9. The third-order valence-corrected chi connectivity index (χ3v) is 3.69. The smallest absolute Gasteiger partial charge is 0.331 e. The van der Waals surface area contributed by atoms with E-state index in [4.69, 9.17) is 5.11 Å². The number of aromatic nitrogens is 1. The van der Waals surface area contributed by atoms with Gasteiger partial charge in [0.05, 0.1) is 10.2 Å². The van der Waals surface area contributed by atoms with Crippen LogP contribution in [0.15, 0.2) is 35.4 Å². The third-order valence-electron chi connectivity index (χ3n) is 2.74. The van der Waals surface area contributed by atoms with E-state index in [1.54, 1.807) is 0 Å². The van der Waals surface area contributed by atoms with Gasteiger partial charge in [-0.25, -0.2) is 9.78 Å². The molecule has 1 amide bonds. The molecule has 0 radical (unpaired) electrons. The summed E-state index contributed by atoms with van der Waals surface area (Å²) in [7, 11) is 0. The van der Waals surface area contributed by atoms with E-state index in [9.17, 15) is 9.59 Å². The summed E-state index contributed by atoms with van der Waals surface area (Å²) >= 11 is 1.35. The van der Waals surface area contributed by atoms with E-state index in [-0.39, 0.29) is 11.1 Å². The number of amides is 1. The largest absolute Gasteiger partial charge is 0.478 e. The number of benzene rings is 1. The van der Waals surface area contributed by atoms with Crippen molar-refractivity contribution in [3.8, 4) is 0 Å². The lowest BCUT2D eigenvalue weighted by atomic mass is 10.1. The molecule has 0 saturated carbocycles. The van der Waals surface area contributed by atoms with Crippen molar-refractivity contribution in [2.45, 2.75) is 13.8 Å². The van der Waals surface area contributed by atoms with Crippen LogP contribution in [-0.2, 0) is 9.59 Å². The SMILES string of the molecule is CC(C(=O)O)=C(C)C(=O)Nc1nc2ccccc2s1. The molecule has 0 aliphatic rings. The van der Waals surface area contributed by atoms with Crippen LogP contribution < -0.4 is 5.32 Å². The predicted molar refractivity (Wildman–Crippen MR) is 74.3 cm³/mol. The highest BCUT2D eigenvalue weighted by molar-refractivity contribution is 7.22. The van der Waals surface area contributed by atoms with E-state index >= 15 is 0 Å². The Morgan fingerprint density at radius 3 is 2.53 bits per heavy atom. The Balaban J connectivity index is 2.24. The number of anilines is 1. The average molecular weight is 276 g/mol. The maximum atomic E-state index is 11.9. The monoisotopic (exact) mass is 276 g/mol. The number of thiazole rings is 1. The molecule has 0 spiro atoms. The highest BCUT2D eigenvalue weighted by atomic mass is 32.1. The second-order valence-electron chi connectivity index (χ2n) is 4.00. The van der Waals surface area contributed by atoms with Gasteiger partial charge >= 0.3 is 5.97 Å². The molecule has 2 N–H and O–H groups in total. The van der Waals surface area contributed by atoms with Crippen molar-refractivity contribution >= 4 is 38.6 Å². The van der Waals surface area contributed by atoms with Gasteiger partial charge in [-0.2, -0.15) is 0 Å². The number of carboxylic acid groups (broad SMARTS) is 1. The van der Waals surface area contributed by atoms with Crippen molar-refractivity contribution in [3.63, 3.8) is 0 Å². The molecular formula is C13H12N2O3S. The molecule has 98 valence electrons. The molecule has 5 nitrogen and oxygen atoms in total. The lowest BCUT2D eigenvalue weighted by Gasteiger charge is -2.03. The standard InChI is InChI=1S/C13H12N2O3S/c1-7(8(2)12(17)18)11(16)15-13-14-9-5-3-4-6-10(9)19-13/h3-6H,1-2H3,(H,17,18)(H,14,15,16).